The third kappa shape index (κ3) is 2.32. The zero-order chi connectivity index (χ0) is 18.6. The lowest BCUT2D eigenvalue weighted by Gasteiger charge is -2.15. The number of benzene rings is 4. The van der Waals surface area contributed by atoms with E-state index >= 15 is 0 Å². The molecule has 6 heteroatoms. The summed E-state index contributed by atoms with van der Waals surface area (Å²) in [7, 11) is 0. The van der Waals surface area contributed by atoms with Gasteiger partial charge in [-0.3, -0.25) is 0 Å². The first-order chi connectivity index (χ1) is 12.3. The zero-order valence-corrected chi connectivity index (χ0v) is 13.0. The van der Waals surface area contributed by atoms with Gasteiger partial charge in [0.2, 0.25) is 0 Å². The van der Waals surface area contributed by atoms with E-state index in [2.05, 4.69) is 0 Å². The number of nitrogens with zero attached hydrogens (tertiary/aromatic N) is 1. The summed E-state index contributed by atoms with van der Waals surface area (Å²) in [6.07, 6.45) is -4.63. The van der Waals surface area contributed by atoms with Gasteiger partial charge in [-0.05, 0) is 63.3 Å². The molecule has 0 spiro atoms. The number of halogens is 4. The van der Waals surface area contributed by atoms with Gasteiger partial charge in [-0.2, -0.15) is 18.4 Å². The highest BCUT2D eigenvalue weighted by Gasteiger charge is 2.32. The molecule has 0 radical (unpaired) electrons. The van der Waals surface area contributed by atoms with E-state index in [-0.39, 0.29) is 22.1 Å². The van der Waals surface area contributed by atoms with Crippen LogP contribution in [0.3, 0.4) is 0 Å². The summed E-state index contributed by atoms with van der Waals surface area (Å²) in [5, 5.41) is 21.4. The predicted octanol–water partition coefficient (Wildman–Crippen LogP) is 5.88. The van der Waals surface area contributed by atoms with Crippen molar-refractivity contribution in [2.75, 3.05) is 0 Å². The van der Waals surface area contributed by atoms with E-state index in [1.807, 2.05) is 0 Å². The topological polar surface area (TPSA) is 44.0 Å². The Kier molecular flexibility index (Phi) is 3.31. The average molecular weight is 355 g/mol. The van der Waals surface area contributed by atoms with Gasteiger partial charge in [0, 0.05) is 5.39 Å². The molecule has 2 nitrogen and oxygen atoms in total. The first-order valence-corrected chi connectivity index (χ1v) is 7.58. The van der Waals surface area contributed by atoms with E-state index in [1.54, 1.807) is 6.07 Å². The number of fused-ring (bicyclic) bond motifs is 6. The lowest BCUT2D eigenvalue weighted by Crippen LogP contribution is -2.05. The molecule has 0 aliphatic heterocycles. The highest BCUT2D eigenvalue weighted by molar-refractivity contribution is 6.26. The molecule has 128 valence electrons. The van der Waals surface area contributed by atoms with E-state index in [4.69, 9.17) is 0 Å². The Morgan fingerprint density at radius 3 is 2.12 bits per heavy atom. The lowest BCUT2D eigenvalue weighted by molar-refractivity contribution is -0.137. The minimum Gasteiger partial charge on any atom is -0.508 e. The standard InChI is InChI=1S/C20H9F4NO/c21-12-1-3-14-16-8-13(26)2-4-15(16)17-6-11(20(22,23)24)5-10(9-25)19(17)18(14)7-12/h1-8,26H. The fourth-order valence-electron chi connectivity index (χ4n) is 3.34. The van der Waals surface area contributed by atoms with Gasteiger partial charge in [0.25, 0.3) is 0 Å². The Labute approximate surface area is 144 Å². The molecule has 0 saturated heterocycles. The molecule has 0 aromatic heterocycles. The Bertz CT molecular complexity index is 1250. The normalized spacial score (nSPS) is 12.0. The van der Waals surface area contributed by atoms with Crippen LogP contribution < -0.4 is 0 Å². The molecule has 0 bridgehead atoms. The van der Waals surface area contributed by atoms with E-state index < -0.39 is 17.6 Å². The molecule has 4 aromatic carbocycles. The second-order valence-corrected chi connectivity index (χ2v) is 5.98. The quantitative estimate of drug-likeness (QED) is 0.316. The fourth-order valence-corrected chi connectivity index (χ4v) is 3.34. The largest absolute Gasteiger partial charge is 0.508 e. The summed E-state index contributed by atoms with van der Waals surface area (Å²) in [6, 6.07) is 11.7. The molecule has 0 amide bonds. The van der Waals surface area contributed by atoms with Crippen LogP contribution in [0.2, 0.25) is 0 Å². The van der Waals surface area contributed by atoms with Crippen molar-refractivity contribution in [3.63, 3.8) is 0 Å². The summed E-state index contributed by atoms with van der Waals surface area (Å²) < 4.78 is 53.6. The van der Waals surface area contributed by atoms with Crippen molar-refractivity contribution in [1.29, 1.82) is 5.26 Å². The van der Waals surface area contributed by atoms with E-state index in [0.717, 1.165) is 12.1 Å². The minimum absolute atomic E-state index is 0.0602. The first kappa shape index (κ1) is 16.2. The van der Waals surface area contributed by atoms with Gasteiger partial charge in [0.15, 0.2) is 0 Å². The SMILES string of the molecule is N#Cc1cc(C(F)(F)F)cc2c3ccc(O)cc3c3ccc(F)cc3c12. The molecule has 26 heavy (non-hydrogen) atoms. The highest BCUT2D eigenvalue weighted by atomic mass is 19.4. The number of hydrogen-bond donors (Lipinski definition) is 1. The van der Waals surface area contributed by atoms with Crippen LogP contribution in [0.15, 0.2) is 48.5 Å². The van der Waals surface area contributed by atoms with Crippen LogP contribution in [-0.2, 0) is 6.18 Å². The smallest absolute Gasteiger partial charge is 0.416 e. The van der Waals surface area contributed by atoms with Crippen LogP contribution in [-0.4, -0.2) is 5.11 Å². The summed E-state index contributed by atoms with van der Waals surface area (Å²) in [5.41, 5.74) is -1.13. The number of alkyl halides is 3. The number of aromatic hydroxyl groups is 1. The monoisotopic (exact) mass is 355 g/mol. The number of hydrogen-bond acceptors (Lipinski definition) is 2. The number of phenols is 1. The molecule has 0 aliphatic rings. The molecule has 0 fully saturated rings. The maximum atomic E-state index is 13.8. The third-order valence-electron chi connectivity index (χ3n) is 4.42. The van der Waals surface area contributed by atoms with Crippen molar-refractivity contribution in [2.24, 2.45) is 0 Å². The van der Waals surface area contributed by atoms with Gasteiger partial charge in [-0.1, -0.05) is 12.1 Å². The molecule has 0 saturated carbocycles. The molecule has 0 heterocycles. The van der Waals surface area contributed by atoms with E-state index in [9.17, 15) is 27.9 Å². The van der Waals surface area contributed by atoms with E-state index in [1.165, 1.54) is 36.4 Å². The van der Waals surface area contributed by atoms with Gasteiger partial charge in [-0.15, -0.1) is 0 Å². The highest BCUT2D eigenvalue weighted by Crippen LogP contribution is 2.41. The molecule has 4 aromatic rings. The van der Waals surface area contributed by atoms with Crippen molar-refractivity contribution in [3.05, 3.63) is 65.5 Å². The van der Waals surface area contributed by atoms with Gasteiger partial charge < -0.3 is 5.11 Å². The molecule has 0 atom stereocenters. The summed E-state index contributed by atoms with van der Waals surface area (Å²) in [6.45, 7) is 0. The third-order valence-corrected chi connectivity index (χ3v) is 4.42. The van der Waals surface area contributed by atoms with Gasteiger partial charge in [-0.25, -0.2) is 4.39 Å². The average Bonchev–Trinajstić information content (AvgIpc) is 2.59. The Morgan fingerprint density at radius 2 is 1.46 bits per heavy atom. The summed E-state index contributed by atoms with van der Waals surface area (Å²) >= 11 is 0. The summed E-state index contributed by atoms with van der Waals surface area (Å²) in [5.74, 6) is -0.628. The molecular weight excluding hydrogens is 346 g/mol. The van der Waals surface area contributed by atoms with Gasteiger partial charge in [0.1, 0.15) is 11.6 Å². The van der Waals surface area contributed by atoms with Crippen LogP contribution in [0, 0.1) is 17.1 Å². The molecule has 0 aliphatic carbocycles. The number of nitriles is 1. The minimum atomic E-state index is -4.63. The molecule has 0 unspecified atom stereocenters. The Morgan fingerprint density at radius 1 is 0.808 bits per heavy atom. The fraction of sp³-hybridized carbons (Fsp3) is 0.0500. The van der Waals surface area contributed by atoms with Crippen LogP contribution in [0.4, 0.5) is 17.6 Å². The number of phenolic OH excluding ortho intramolecular Hbond substituents is 1. The zero-order valence-electron chi connectivity index (χ0n) is 13.0. The van der Waals surface area contributed by atoms with Crippen LogP contribution in [0.25, 0.3) is 32.3 Å². The van der Waals surface area contributed by atoms with Crippen molar-refractivity contribution in [3.8, 4) is 11.8 Å². The van der Waals surface area contributed by atoms with Gasteiger partial charge >= 0.3 is 6.18 Å². The van der Waals surface area contributed by atoms with Gasteiger partial charge in [0.05, 0.1) is 17.2 Å². The Hall–Kier alpha value is -3.33. The maximum Gasteiger partial charge on any atom is 0.416 e. The summed E-state index contributed by atoms with van der Waals surface area (Å²) in [4.78, 5) is 0. The first-order valence-electron chi connectivity index (χ1n) is 7.58. The predicted molar refractivity (Wildman–Crippen MR) is 90.3 cm³/mol. The lowest BCUT2D eigenvalue weighted by atomic mass is 9.90. The van der Waals surface area contributed by atoms with Crippen LogP contribution in [0.1, 0.15) is 11.1 Å². The Balaban J connectivity index is 2.37. The van der Waals surface area contributed by atoms with Crippen LogP contribution >= 0.6 is 0 Å². The number of rotatable bonds is 0. The molecule has 1 N–H and O–H groups in total. The second kappa shape index (κ2) is 5.33. The van der Waals surface area contributed by atoms with Crippen molar-refractivity contribution in [1.82, 2.24) is 0 Å². The van der Waals surface area contributed by atoms with Crippen molar-refractivity contribution >= 4 is 32.3 Å². The molecule has 4 rings (SSSR count). The maximum absolute atomic E-state index is 13.8. The van der Waals surface area contributed by atoms with Crippen LogP contribution in [0.5, 0.6) is 5.75 Å². The van der Waals surface area contributed by atoms with E-state index in [0.29, 0.717) is 21.5 Å². The van der Waals surface area contributed by atoms with Crippen molar-refractivity contribution in [2.45, 2.75) is 6.18 Å². The second-order valence-electron chi connectivity index (χ2n) is 5.98. The van der Waals surface area contributed by atoms with Crippen molar-refractivity contribution < 1.29 is 22.7 Å². The molecular formula is C20H9F4NO.